The first kappa shape index (κ1) is 13.3. The fourth-order valence-corrected chi connectivity index (χ4v) is 1.83. The normalized spacial score (nSPS) is 11.1. The molecule has 6 heteroatoms. The fraction of sp³-hybridized carbons (Fsp3) is 0.385. The molecule has 19 heavy (non-hydrogen) atoms. The second kappa shape index (κ2) is 4.87. The lowest BCUT2D eigenvalue weighted by molar-refractivity contribution is 0.231. The maximum Gasteiger partial charge on any atom is 0.167 e. The number of benzene rings is 1. The second-order valence-corrected chi connectivity index (χ2v) is 4.63. The van der Waals surface area contributed by atoms with Crippen molar-refractivity contribution in [2.75, 3.05) is 5.73 Å². The van der Waals surface area contributed by atoms with E-state index >= 15 is 0 Å². The van der Waals surface area contributed by atoms with Gasteiger partial charge in [0, 0.05) is 12.1 Å². The number of nitrogens with two attached hydrogens (primary N) is 1. The lowest BCUT2D eigenvalue weighted by Gasteiger charge is -2.14. The third-order valence-corrected chi connectivity index (χ3v) is 2.55. The molecule has 0 radical (unpaired) electrons. The number of rotatable bonds is 3. The number of hydrogen-bond acceptors (Lipinski definition) is 4. The molecule has 2 aromatic rings. The highest BCUT2D eigenvalue weighted by atomic mass is 19.1. The number of hydrogen-bond donors (Lipinski definition) is 1. The molecule has 0 saturated heterocycles. The zero-order chi connectivity index (χ0) is 14.2. The van der Waals surface area contributed by atoms with Crippen LogP contribution in [0.4, 0.5) is 10.1 Å². The molecule has 0 aliphatic heterocycles. The van der Waals surface area contributed by atoms with Crippen LogP contribution < -0.4 is 10.5 Å². The maximum absolute atomic E-state index is 13.8. The molecule has 1 aromatic heterocycles. The number of nitrogens with zero attached hydrogens (tertiary/aromatic N) is 3. The van der Waals surface area contributed by atoms with Crippen LogP contribution in [0.25, 0.3) is 5.69 Å². The summed E-state index contributed by atoms with van der Waals surface area (Å²) in [7, 11) is 0. The number of aryl methyl sites for hydroxylation is 2. The van der Waals surface area contributed by atoms with E-state index in [1.165, 1.54) is 6.07 Å². The summed E-state index contributed by atoms with van der Waals surface area (Å²) in [5.74, 6) is 0.995. The molecule has 0 aliphatic rings. The molecule has 0 spiro atoms. The Labute approximate surface area is 111 Å². The summed E-state index contributed by atoms with van der Waals surface area (Å²) >= 11 is 0. The van der Waals surface area contributed by atoms with Crippen molar-refractivity contribution in [1.82, 2.24) is 14.8 Å². The molecule has 0 atom stereocenters. The van der Waals surface area contributed by atoms with E-state index in [1.54, 1.807) is 17.7 Å². The molecule has 0 aliphatic carbocycles. The summed E-state index contributed by atoms with van der Waals surface area (Å²) in [6.45, 7) is 7.27. The van der Waals surface area contributed by atoms with Crippen LogP contribution in [0.3, 0.4) is 0 Å². The predicted octanol–water partition coefficient (Wildman–Crippen LogP) is 2.39. The molecule has 102 valence electrons. The lowest BCUT2D eigenvalue weighted by atomic mass is 10.2. The Morgan fingerprint density at radius 3 is 2.53 bits per heavy atom. The van der Waals surface area contributed by atoms with Gasteiger partial charge in [-0.1, -0.05) is 0 Å². The average Bonchev–Trinajstić information content (AvgIpc) is 2.61. The largest absolute Gasteiger partial charge is 0.488 e. The standard InChI is InChI=1S/C13H17FN4O/c1-7(2)19-13-6-12(11(15)5-10(13)14)18-9(4)16-8(3)17-18/h5-7H,15H2,1-4H3. The second-order valence-electron chi connectivity index (χ2n) is 4.63. The van der Waals surface area contributed by atoms with Gasteiger partial charge in [-0.3, -0.25) is 0 Å². The van der Waals surface area contributed by atoms with Crippen molar-refractivity contribution in [1.29, 1.82) is 0 Å². The van der Waals surface area contributed by atoms with Crippen LogP contribution in [0.1, 0.15) is 25.5 Å². The Morgan fingerprint density at radius 1 is 1.32 bits per heavy atom. The fourth-order valence-electron chi connectivity index (χ4n) is 1.83. The zero-order valence-electron chi connectivity index (χ0n) is 11.4. The Kier molecular flexibility index (Phi) is 3.42. The van der Waals surface area contributed by atoms with E-state index < -0.39 is 5.82 Å². The van der Waals surface area contributed by atoms with Gasteiger partial charge in [0.15, 0.2) is 11.6 Å². The topological polar surface area (TPSA) is 66.0 Å². The zero-order valence-corrected chi connectivity index (χ0v) is 11.4. The van der Waals surface area contributed by atoms with Crippen LogP contribution in [-0.4, -0.2) is 20.9 Å². The van der Waals surface area contributed by atoms with E-state index in [-0.39, 0.29) is 11.9 Å². The van der Waals surface area contributed by atoms with E-state index in [1.807, 2.05) is 20.8 Å². The van der Waals surface area contributed by atoms with Crippen molar-refractivity contribution in [2.45, 2.75) is 33.8 Å². The molecule has 0 saturated carbocycles. The minimum absolute atomic E-state index is 0.121. The molecule has 1 heterocycles. The molecule has 2 N–H and O–H groups in total. The quantitative estimate of drug-likeness (QED) is 0.864. The molecule has 0 amide bonds. The van der Waals surface area contributed by atoms with E-state index in [4.69, 9.17) is 10.5 Å². The number of halogens is 1. The van der Waals surface area contributed by atoms with Crippen molar-refractivity contribution >= 4 is 5.69 Å². The highest BCUT2D eigenvalue weighted by Crippen LogP contribution is 2.28. The van der Waals surface area contributed by atoms with Gasteiger partial charge >= 0.3 is 0 Å². The molecule has 0 bridgehead atoms. The van der Waals surface area contributed by atoms with Crippen molar-refractivity contribution in [2.24, 2.45) is 0 Å². The van der Waals surface area contributed by atoms with Gasteiger partial charge in [-0.2, -0.15) is 5.10 Å². The highest BCUT2D eigenvalue weighted by Gasteiger charge is 2.14. The SMILES string of the molecule is Cc1nc(C)n(-c2cc(OC(C)C)c(F)cc2N)n1. The van der Waals surface area contributed by atoms with Gasteiger partial charge in [0.2, 0.25) is 0 Å². The number of ether oxygens (including phenoxy) is 1. The van der Waals surface area contributed by atoms with Gasteiger partial charge < -0.3 is 10.5 Å². The van der Waals surface area contributed by atoms with E-state index in [9.17, 15) is 4.39 Å². The van der Waals surface area contributed by atoms with Gasteiger partial charge in [0.05, 0.1) is 17.5 Å². The smallest absolute Gasteiger partial charge is 0.167 e. The molecule has 5 nitrogen and oxygen atoms in total. The summed E-state index contributed by atoms with van der Waals surface area (Å²) < 4.78 is 20.8. The van der Waals surface area contributed by atoms with E-state index in [0.717, 1.165) is 0 Å². The van der Waals surface area contributed by atoms with Gasteiger partial charge in [-0.05, 0) is 27.7 Å². The molecule has 1 aromatic carbocycles. The van der Waals surface area contributed by atoms with Crippen LogP contribution in [-0.2, 0) is 0 Å². The van der Waals surface area contributed by atoms with Crippen LogP contribution >= 0.6 is 0 Å². The van der Waals surface area contributed by atoms with Crippen molar-refractivity contribution in [3.63, 3.8) is 0 Å². The van der Waals surface area contributed by atoms with Crippen molar-refractivity contribution < 1.29 is 9.13 Å². The Bertz CT molecular complexity index is 607. The minimum Gasteiger partial charge on any atom is -0.488 e. The van der Waals surface area contributed by atoms with Gasteiger partial charge in [0.25, 0.3) is 0 Å². The number of nitrogen functional groups attached to an aromatic ring is 1. The average molecular weight is 264 g/mol. The Hall–Kier alpha value is -2.11. The molecule has 2 rings (SSSR count). The Morgan fingerprint density at radius 2 is 2.00 bits per heavy atom. The highest BCUT2D eigenvalue weighted by molar-refractivity contribution is 5.61. The van der Waals surface area contributed by atoms with Crippen molar-refractivity contribution in [3.05, 3.63) is 29.6 Å². The van der Waals surface area contributed by atoms with Crippen LogP contribution in [0.15, 0.2) is 12.1 Å². The Balaban J connectivity index is 2.54. The van der Waals surface area contributed by atoms with Gasteiger partial charge in [-0.15, -0.1) is 0 Å². The minimum atomic E-state index is -0.482. The first-order chi connectivity index (χ1) is 8.88. The monoisotopic (exact) mass is 264 g/mol. The molecular weight excluding hydrogens is 247 g/mol. The molecule has 0 fully saturated rings. The lowest BCUT2D eigenvalue weighted by Crippen LogP contribution is -2.10. The maximum atomic E-state index is 13.8. The third-order valence-electron chi connectivity index (χ3n) is 2.55. The summed E-state index contributed by atoms with van der Waals surface area (Å²) in [6.07, 6.45) is -0.121. The first-order valence-corrected chi connectivity index (χ1v) is 6.04. The van der Waals surface area contributed by atoms with Gasteiger partial charge in [0.1, 0.15) is 11.6 Å². The van der Waals surface area contributed by atoms with Crippen LogP contribution in [0.5, 0.6) is 5.75 Å². The predicted molar refractivity (Wildman–Crippen MR) is 71.0 cm³/mol. The van der Waals surface area contributed by atoms with E-state index in [2.05, 4.69) is 10.1 Å². The summed E-state index contributed by atoms with van der Waals surface area (Å²) in [5, 5.41) is 4.24. The van der Waals surface area contributed by atoms with Crippen LogP contribution in [0.2, 0.25) is 0 Å². The van der Waals surface area contributed by atoms with Crippen molar-refractivity contribution in [3.8, 4) is 11.4 Å². The molecule has 0 unspecified atom stereocenters. The first-order valence-electron chi connectivity index (χ1n) is 6.04. The summed E-state index contributed by atoms with van der Waals surface area (Å²) in [6, 6.07) is 2.79. The van der Waals surface area contributed by atoms with Gasteiger partial charge in [-0.25, -0.2) is 14.1 Å². The van der Waals surface area contributed by atoms with E-state index in [0.29, 0.717) is 23.0 Å². The molecular formula is C13H17FN4O. The third kappa shape index (κ3) is 2.67. The summed E-state index contributed by atoms with van der Waals surface area (Å²) in [5.41, 5.74) is 6.71. The van der Waals surface area contributed by atoms with Crippen LogP contribution in [0, 0.1) is 19.7 Å². The number of anilines is 1. The number of aromatic nitrogens is 3. The summed E-state index contributed by atoms with van der Waals surface area (Å²) in [4.78, 5) is 4.20.